The summed E-state index contributed by atoms with van der Waals surface area (Å²) < 4.78 is 30.4. The minimum Gasteiger partial charge on any atom is -0.306 e. The van der Waals surface area contributed by atoms with E-state index in [1.54, 1.807) is 28.2 Å². The molecule has 0 bridgehead atoms. The van der Waals surface area contributed by atoms with Gasteiger partial charge in [-0.3, -0.25) is 0 Å². The van der Waals surface area contributed by atoms with E-state index in [0.717, 1.165) is 50.4 Å². The third-order valence-electron chi connectivity index (χ3n) is 5.33. The average Bonchev–Trinajstić information content (AvgIpc) is 2.95. The maximum Gasteiger partial charge on any atom is 0.268 e. The highest BCUT2D eigenvalue weighted by molar-refractivity contribution is 9.10. The Balaban J connectivity index is 1.98. The van der Waals surface area contributed by atoms with Gasteiger partial charge in [-0.2, -0.15) is 0 Å². The summed E-state index contributed by atoms with van der Waals surface area (Å²) >= 11 is 6.92. The number of hydrogen-bond donors (Lipinski definition) is 0. The molecule has 4 rings (SSSR count). The molecule has 1 aromatic heterocycles. The van der Waals surface area contributed by atoms with Crippen LogP contribution < -0.4 is 0 Å². The molecule has 0 saturated carbocycles. The monoisotopic (exact) mass is 510 g/mol. The fourth-order valence-corrected chi connectivity index (χ4v) is 6.13. The lowest BCUT2D eigenvalue weighted by Gasteiger charge is -2.29. The molecule has 4 nitrogen and oxygen atoms in total. The first-order valence-corrected chi connectivity index (χ1v) is 11.8. The van der Waals surface area contributed by atoms with Crippen LogP contribution in [0.25, 0.3) is 10.9 Å². The number of likely N-dealkylation sites (N-methyl/N-ethyl adjacent to an activating group) is 1. The van der Waals surface area contributed by atoms with Crippen molar-refractivity contribution in [2.24, 2.45) is 0 Å². The molecule has 3 aromatic rings. The van der Waals surface area contributed by atoms with E-state index < -0.39 is 10.0 Å². The summed E-state index contributed by atoms with van der Waals surface area (Å²) in [6.07, 6.45) is 2.56. The van der Waals surface area contributed by atoms with Gasteiger partial charge in [-0.25, -0.2) is 12.4 Å². The van der Waals surface area contributed by atoms with Crippen LogP contribution in [0.4, 0.5) is 0 Å². The van der Waals surface area contributed by atoms with E-state index >= 15 is 0 Å². The van der Waals surface area contributed by atoms with Gasteiger partial charge in [-0.15, -0.1) is 0 Å². The Morgan fingerprint density at radius 2 is 1.70 bits per heavy atom. The molecule has 2 aromatic carbocycles. The number of fused-ring (bicyclic) bond motifs is 3. The largest absolute Gasteiger partial charge is 0.306 e. The van der Waals surface area contributed by atoms with Gasteiger partial charge in [0.15, 0.2) is 0 Å². The normalized spacial score (nSPS) is 17.4. The summed E-state index contributed by atoms with van der Waals surface area (Å²) in [6, 6.07) is 13.1. The predicted octanol–water partition coefficient (Wildman–Crippen LogP) is 4.82. The van der Waals surface area contributed by atoms with Crippen LogP contribution in [0.1, 0.15) is 17.7 Å². The van der Waals surface area contributed by atoms with Crippen molar-refractivity contribution in [3.8, 4) is 0 Å². The summed E-state index contributed by atoms with van der Waals surface area (Å²) in [7, 11) is 0.509. The van der Waals surface area contributed by atoms with Crippen molar-refractivity contribution in [3.05, 3.63) is 62.7 Å². The second-order valence-corrected chi connectivity index (χ2v) is 10.8. The van der Waals surface area contributed by atoms with Gasteiger partial charge in [-0.05, 0) is 81.4 Å². The molecule has 0 aliphatic heterocycles. The lowest BCUT2D eigenvalue weighted by Crippen LogP contribution is -2.34. The van der Waals surface area contributed by atoms with Gasteiger partial charge >= 0.3 is 0 Å². The van der Waals surface area contributed by atoms with Crippen molar-refractivity contribution >= 4 is 52.8 Å². The number of benzene rings is 2. The highest BCUT2D eigenvalue weighted by atomic mass is 79.9. The number of hydrogen-bond acceptors (Lipinski definition) is 3. The van der Waals surface area contributed by atoms with Crippen LogP contribution in [-0.2, 0) is 22.9 Å². The van der Waals surface area contributed by atoms with Crippen molar-refractivity contribution in [3.63, 3.8) is 0 Å². The smallest absolute Gasteiger partial charge is 0.268 e. The Kier molecular flexibility index (Phi) is 4.99. The summed E-state index contributed by atoms with van der Waals surface area (Å²) in [5.74, 6) is 0. The van der Waals surface area contributed by atoms with E-state index in [0.29, 0.717) is 10.9 Å². The van der Waals surface area contributed by atoms with E-state index in [9.17, 15) is 8.42 Å². The van der Waals surface area contributed by atoms with Crippen molar-refractivity contribution in [1.82, 2.24) is 8.87 Å². The van der Waals surface area contributed by atoms with E-state index in [-0.39, 0.29) is 0 Å². The lowest BCUT2D eigenvalue weighted by atomic mass is 9.91. The zero-order chi connectivity index (χ0) is 19.3. The number of rotatable bonds is 3. The molecular formula is C20H20Br2N2O2S. The van der Waals surface area contributed by atoms with E-state index in [1.165, 1.54) is 0 Å². The van der Waals surface area contributed by atoms with Gasteiger partial charge in [-0.1, -0.05) is 31.9 Å². The summed E-state index contributed by atoms with van der Waals surface area (Å²) in [5.41, 5.74) is 2.83. The van der Waals surface area contributed by atoms with E-state index in [2.05, 4.69) is 50.9 Å². The van der Waals surface area contributed by atoms with Crippen molar-refractivity contribution in [2.75, 3.05) is 14.1 Å². The number of halogens is 2. The molecule has 1 unspecified atom stereocenters. The van der Waals surface area contributed by atoms with Gasteiger partial charge in [0.2, 0.25) is 0 Å². The Morgan fingerprint density at radius 3 is 2.37 bits per heavy atom. The summed E-state index contributed by atoms with van der Waals surface area (Å²) in [4.78, 5) is 2.54. The van der Waals surface area contributed by atoms with Crippen LogP contribution in [0, 0.1) is 0 Å². The quantitative estimate of drug-likeness (QED) is 0.506. The Hall–Kier alpha value is -1.15. The fourth-order valence-electron chi connectivity index (χ4n) is 3.90. The van der Waals surface area contributed by atoms with Crippen LogP contribution in [-0.4, -0.2) is 37.4 Å². The molecule has 0 spiro atoms. The molecule has 0 fully saturated rings. The molecule has 1 aliphatic rings. The van der Waals surface area contributed by atoms with Crippen LogP contribution >= 0.6 is 31.9 Å². The van der Waals surface area contributed by atoms with Crippen molar-refractivity contribution in [1.29, 1.82) is 0 Å². The molecule has 27 heavy (non-hydrogen) atoms. The van der Waals surface area contributed by atoms with Crippen molar-refractivity contribution < 1.29 is 8.42 Å². The maximum atomic E-state index is 13.5. The zero-order valence-corrected chi connectivity index (χ0v) is 19.1. The summed E-state index contributed by atoms with van der Waals surface area (Å²) in [5, 5.41) is 1.02. The Morgan fingerprint density at radius 1 is 1.04 bits per heavy atom. The number of aromatic nitrogens is 1. The summed E-state index contributed by atoms with van der Waals surface area (Å²) in [6.45, 7) is 0. The van der Waals surface area contributed by atoms with Crippen LogP contribution in [0.2, 0.25) is 0 Å². The van der Waals surface area contributed by atoms with Gasteiger partial charge in [0.25, 0.3) is 10.0 Å². The maximum absolute atomic E-state index is 13.5. The molecule has 0 radical (unpaired) electrons. The average molecular weight is 512 g/mol. The minimum absolute atomic E-state index is 0.308. The second kappa shape index (κ2) is 7.03. The van der Waals surface area contributed by atoms with Gasteiger partial charge in [0.05, 0.1) is 10.4 Å². The first-order valence-electron chi connectivity index (χ1n) is 8.78. The third kappa shape index (κ3) is 3.28. The standard InChI is InChI=1S/C20H20Br2N2O2S/c1-23(2)15-6-10-20-18(12-15)17-11-14(22)5-9-19(17)24(20)27(25,26)16-7-3-13(21)4-8-16/h3-5,7-9,11,15H,6,10,12H2,1-2H3. The number of nitrogens with zero attached hydrogens (tertiary/aromatic N) is 2. The Bertz CT molecular complexity index is 1120. The van der Waals surface area contributed by atoms with Crippen LogP contribution in [0.5, 0.6) is 0 Å². The molecule has 0 amide bonds. The molecule has 1 heterocycles. The molecule has 0 saturated heterocycles. The van der Waals surface area contributed by atoms with E-state index in [1.807, 2.05) is 18.2 Å². The molecule has 7 heteroatoms. The second-order valence-electron chi connectivity index (χ2n) is 7.17. The predicted molar refractivity (Wildman–Crippen MR) is 116 cm³/mol. The molecule has 142 valence electrons. The Labute approximate surface area is 176 Å². The SMILES string of the molecule is CN(C)C1CCc2c(c3cc(Br)ccc3n2S(=O)(=O)c2ccc(Br)cc2)C1. The molecule has 1 atom stereocenters. The highest BCUT2D eigenvalue weighted by Crippen LogP contribution is 2.37. The van der Waals surface area contributed by atoms with Gasteiger partial charge < -0.3 is 4.90 Å². The first kappa shape index (κ1) is 19.2. The van der Waals surface area contributed by atoms with Gasteiger partial charge in [0.1, 0.15) is 0 Å². The highest BCUT2D eigenvalue weighted by Gasteiger charge is 2.31. The zero-order valence-electron chi connectivity index (χ0n) is 15.1. The lowest BCUT2D eigenvalue weighted by molar-refractivity contribution is 0.267. The fraction of sp³-hybridized carbons (Fsp3) is 0.300. The van der Waals surface area contributed by atoms with Crippen LogP contribution in [0.15, 0.2) is 56.3 Å². The van der Waals surface area contributed by atoms with Crippen molar-refractivity contribution in [2.45, 2.75) is 30.2 Å². The minimum atomic E-state index is -3.66. The molecular weight excluding hydrogens is 492 g/mol. The molecule has 1 aliphatic carbocycles. The van der Waals surface area contributed by atoms with E-state index in [4.69, 9.17) is 0 Å². The van der Waals surface area contributed by atoms with Crippen LogP contribution in [0.3, 0.4) is 0 Å². The first-order chi connectivity index (χ1) is 12.8. The molecule has 0 N–H and O–H groups in total. The topological polar surface area (TPSA) is 42.3 Å². The van der Waals surface area contributed by atoms with Gasteiger partial charge in [0, 0.05) is 26.1 Å². The third-order valence-corrected chi connectivity index (χ3v) is 8.12.